The number of halogens is 1. The Bertz CT molecular complexity index is 392. The van der Waals surface area contributed by atoms with E-state index >= 15 is 0 Å². The Kier molecular flexibility index (Phi) is 3.37. The quantitative estimate of drug-likeness (QED) is 0.889. The number of benzene rings is 1. The van der Waals surface area contributed by atoms with Gasteiger partial charge in [0.1, 0.15) is 0 Å². The van der Waals surface area contributed by atoms with Gasteiger partial charge in [-0.3, -0.25) is 0 Å². The van der Waals surface area contributed by atoms with Crippen molar-refractivity contribution in [2.75, 3.05) is 13.2 Å². The van der Waals surface area contributed by atoms with Crippen LogP contribution in [0.25, 0.3) is 0 Å². The third kappa shape index (κ3) is 2.82. The fraction of sp³-hybridized carbons (Fsp3) is 0.571. The second-order valence-electron chi connectivity index (χ2n) is 5.16. The highest BCUT2D eigenvalue weighted by atomic mass is 35.5. The zero-order valence-electron chi connectivity index (χ0n) is 9.86. The van der Waals surface area contributed by atoms with Crippen LogP contribution >= 0.6 is 11.6 Å². The summed E-state index contributed by atoms with van der Waals surface area (Å²) in [5.41, 5.74) is 1.25. The summed E-state index contributed by atoms with van der Waals surface area (Å²) in [6, 6.07) is 8.58. The first-order valence-electron chi connectivity index (χ1n) is 6.38. The maximum absolute atomic E-state index is 5.98. The van der Waals surface area contributed by atoms with Crippen molar-refractivity contribution in [2.45, 2.75) is 25.4 Å². The number of hydrogen-bond acceptors (Lipinski definition) is 2. The highest BCUT2D eigenvalue weighted by Gasteiger charge is 2.39. The van der Waals surface area contributed by atoms with Crippen LogP contribution in [0.4, 0.5) is 0 Å². The lowest BCUT2D eigenvalue weighted by Gasteiger charge is -2.18. The maximum Gasteiger partial charge on any atom is 0.0623 e. The van der Waals surface area contributed by atoms with E-state index in [1.165, 1.54) is 18.4 Å². The van der Waals surface area contributed by atoms with Crippen LogP contribution in [0.15, 0.2) is 24.3 Å². The molecular weight excluding hydrogens is 234 g/mol. The highest BCUT2D eigenvalue weighted by molar-refractivity contribution is 6.30. The number of hydrogen-bond donors (Lipinski definition) is 1. The summed E-state index contributed by atoms with van der Waals surface area (Å²) in [6.45, 7) is 2.69. The van der Waals surface area contributed by atoms with E-state index in [0.717, 1.165) is 36.6 Å². The standard InChI is InChI=1S/C14H18ClNO/c15-12-3-1-2-10(6-12)7-16-14-9-17-8-13(14)11-4-5-11/h1-3,6,11,13-14,16H,4-5,7-9H2. The SMILES string of the molecule is Clc1cccc(CNC2COCC2C2CC2)c1. The zero-order valence-corrected chi connectivity index (χ0v) is 10.6. The van der Waals surface area contributed by atoms with Crippen molar-refractivity contribution in [3.63, 3.8) is 0 Å². The Morgan fingerprint density at radius 1 is 1.29 bits per heavy atom. The van der Waals surface area contributed by atoms with Gasteiger partial charge in [-0.05, 0) is 36.5 Å². The van der Waals surface area contributed by atoms with Gasteiger partial charge in [-0.15, -0.1) is 0 Å². The predicted molar refractivity (Wildman–Crippen MR) is 69.1 cm³/mol. The molecule has 3 rings (SSSR count). The molecule has 2 unspecified atom stereocenters. The van der Waals surface area contributed by atoms with Gasteiger partial charge in [-0.2, -0.15) is 0 Å². The summed E-state index contributed by atoms with van der Waals surface area (Å²) in [7, 11) is 0. The average Bonchev–Trinajstić information content (AvgIpc) is 3.06. The molecule has 1 aliphatic carbocycles. The fourth-order valence-electron chi connectivity index (χ4n) is 2.67. The molecule has 3 heteroatoms. The Morgan fingerprint density at radius 3 is 2.94 bits per heavy atom. The van der Waals surface area contributed by atoms with Gasteiger partial charge in [-0.25, -0.2) is 0 Å². The third-order valence-corrected chi connectivity index (χ3v) is 4.04. The molecule has 0 spiro atoms. The van der Waals surface area contributed by atoms with Crippen LogP contribution in [0.5, 0.6) is 0 Å². The molecule has 1 aromatic carbocycles. The van der Waals surface area contributed by atoms with Gasteiger partial charge in [0.25, 0.3) is 0 Å². The van der Waals surface area contributed by atoms with Crippen LogP contribution in [-0.4, -0.2) is 19.3 Å². The molecule has 2 nitrogen and oxygen atoms in total. The van der Waals surface area contributed by atoms with Gasteiger partial charge in [0.15, 0.2) is 0 Å². The summed E-state index contributed by atoms with van der Waals surface area (Å²) >= 11 is 5.98. The molecule has 2 fully saturated rings. The van der Waals surface area contributed by atoms with Gasteiger partial charge in [0, 0.05) is 23.5 Å². The summed E-state index contributed by atoms with van der Waals surface area (Å²) in [4.78, 5) is 0. The van der Waals surface area contributed by atoms with E-state index in [0.29, 0.717) is 6.04 Å². The van der Waals surface area contributed by atoms with Crippen molar-refractivity contribution in [2.24, 2.45) is 11.8 Å². The fourth-order valence-corrected chi connectivity index (χ4v) is 2.88. The maximum atomic E-state index is 5.98. The predicted octanol–water partition coefficient (Wildman–Crippen LogP) is 2.85. The largest absolute Gasteiger partial charge is 0.379 e. The molecule has 1 aromatic rings. The first kappa shape index (κ1) is 11.5. The van der Waals surface area contributed by atoms with Gasteiger partial charge in [0.05, 0.1) is 13.2 Å². The summed E-state index contributed by atoms with van der Waals surface area (Å²) in [5.74, 6) is 1.64. The Labute approximate surface area is 107 Å². The minimum Gasteiger partial charge on any atom is -0.379 e. The molecule has 1 aliphatic heterocycles. The lowest BCUT2D eigenvalue weighted by atomic mass is 9.98. The lowest BCUT2D eigenvalue weighted by molar-refractivity contribution is 0.180. The van der Waals surface area contributed by atoms with Crippen molar-refractivity contribution in [1.82, 2.24) is 5.32 Å². The first-order chi connectivity index (χ1) is 8.33. The van der Waals surface area contributed by atoms with E-state index < -0.39 is 0 Å². The van der Waals surface area contributed by atoms with E-state index in [4.69, 9.17) is 16.3 Å². The molecule has 0 amide bonds. The van der Waals surface area contributed by atoms with Crippen molar-refractivity contribution in [3.8, 4) is 0 Å². The molecule has 2 atom stereocenters. The monoisotopic (exact) mass is 251 g/mol. The van der Waals surface area contributed by atoms with E-state index in [1.54, 1.807) is 0 Å². The zero-order chi connectivity index (χ0) is 11.7. The Morgan fingerprint density at radius 2 is 2.18 bits per heavy atom. The summed E-state index contributed by atoms with van der Waals surface area (Å²) in [5, 5.41) is 4.42. The van der Waals surface area contributed by atoms with Crippen LogP contribution in [0.1, 0.15) is 18.4 Å². The molecule has 1 saturated heterocycles. The molecule has 0 radical (unpaired) electrons. The van der Waals surface area contributed by atoms with E-state index in [2.05, 4.69) is 11.4 Å². The first-order valence-corrected chi connectivity index (χ1v) is 6.76. The number of rotatable bonds is 4. The van der Waals surface area contributed by atoms with Gasteiger partial charge in [0.2, 0.25) is 0 Å². The van der Waals surface area contributed by atoms with Crippen LogP contribution < -0.4 is 5.32 Å². The molecule has 17 heavy (non-hydrogen) atoms. The van der Waals surface area contributed by atoms with E-state index in [9.17, 15) is 0 Å². The normalized spacial score (nSPS) is 28.5. The molecule has 0 aromatic heterocycles. The average molecular weight is 252 g/mol. The molecule has 1 saturated carbocycles. The van der Waals surface area contributed by atoms with Crippen molar-refractivity contribution >= 4 is 11.6 Å². The summed E-state index contributed by atoms with van der Waals surface area (Å²) < 4.78 is 5.59. The van der Waals surface area contributed by atoms with Crippen molar-refractivity contribution < 1.29 is 4.74 Å². The van der Waals surface area contributed by atoms with Crippen molar-refractivity contribution in [3.05, 3.63) is 34.9 Å². The minimum atomic E-state index is 0.529. The molecule has 1 N–H and O–H groups in total. The topological polar surface area (TPSA) is 21.3 Å². The second-order valence-corrected chi connectivity index (χ2v) is 5.59. The third-order valence-electron chi connectivity index (χ3n) is 3.81. The van der Waals surface area contributed by atoms with Crippen LogP contribution in [0, 0.1) is 11.8 Å². The van der Waals surface area contributed by atoms with E-state index in [1.807, 2.05) is 18.2 Å². The van der Waals surface area contributed by atoms with Crippen LogP contribution in [0.2, 0.25) is 5.02 Å². The number of ether oxygens (including phenoxy) is 1. The van der Waals surface area contributed by atoms with E-state index in [-0.39, 0.29) is 0 Å². The number of nitrogens with one attached hydrogen (secondary N) is 1. The molecule has 2 aliphatic rings. The molecule has 0 bridgehead atoms. The lowest BCUT2D eigenvalue weighted by Crippen LogP contribution is -2.36. The van der Waals surface area contributed by atoms with Crippen molar-refractivity contribution in [1.29, 1.82) is 0 Å². The Hall–Kier alpha value is -0.570. The molecular formula is C14H18ClNO. The minimum absolute atomic E-state index is 0.529. The highest BCUT2D eigenvalue weighted by Crippen LogP contribution is 2.40. The Balaban J connectivity index is 1.56. The molecule has 92 valence electrons. The van der Waals surface area contributed by atoms with Gasteiger partial charge in [-0.1, -0.05) is 23.7 Å². The molecule has 1 heterocycles. The smallest absolute Gasteiger partial charge is 0.0623 e. The van der Waals surface area contributed by atoms with Gasteiger partial charge >= 0.3 is 0 Å². The van der Waals surface area contributed by atoms with Crippen LogP contribution in [0.3, 0.4) is 0 Å². The van der Waals surface area contributed by atoms with Gasteiger partial charge < -0.3 is 10.1 Å². The second kappa shape index (κ2) is 4.97. The van der Waals surface area contributed by atoms with Crippen LogP contribution in [-0.2, 0) is 11.3 Å². The summed E-state index contributed by atoms with van der Waals surface area (Å²) in [6.07, 6.45) is 2.78.